The number of ether oxygens (including phenoxy) is 3. The molecule has 0 spiro atoms. The van der Waals surface area contributed by atoms with E-state index in [-0.39, 0.29) is 19.1 Å². The minimum atomic E-state index is -0.409. The van der Waals surface area contributed by atoms with Crippen LogP contribution >= 0.6 is 11.6 Å². The SMILES string of the molecule is COc1ccc(NC(=O)COCC(=O)Nc2ccc(Cl)cc2)c(OC)c1. The van der Waals surface area contributed by atoms with Gasteiger partial charge in [0.2, 0.25) is 11.8 Å². The van der Waals surface area contributed by atoms with E-state index in [9.17, 15) is 9.59 Å². The molecule has 0 bridgehead atoms. The number of carbonyl (C=O) groups is 2. The number of hydrogen-bond acceptors (Lipinski definition) is 5. The van der Waals surface area contributed by atoms with Gasteiger partial charge in [0, 0.05) is 16.8 Å². The summed E-state index contributed by atoms with van der Waals surface area (Å²) in [4.78, 5) is 23.7. The highest BCUT2D eigenvalue weighted by atomic mass is 35.5. The lowest BCUT2D eigenvalue weighted by atomic mass is 10.2. The highest BCUT2D eigenvalue weighted by Gasteiger charge is 2.10. The van der Waals surface area contributed by atoms with Crippen LogP contribution in [0, 0.1) is 0 Å². The van der Waals surface area contributed by atoms with E-state index in [4.69, 9.17) is 25.8 Å². The van der Waals surface area contributed by atoms with E-state index in [1.54, 1.807) is 42.5 Å². The zero-order valence-electron chi connectivity index (χ0n) is 14.4. The van der Waals surface area contributed by atoms with Gasteiger partial charge in [0.15, 0.2) is 0 Å². The van der Waals surface area contributed by atoms with Crippen molar-refractivity contribution in [1.29, 1.82) is 0 Å². The summed E-state index contributed by atoms with van der Waals surface area (Å²) >= 11 is 5.77. The van der Waals surface area contributed by atoms with Gasteiger partial charge in [-0.2, -0.15) is 0 Å². The lowest BCUT2D eigenvalue weighted by molar-refractivity contribution is -0.125. The summed E-state index contributed by atoms with van der Waals surface area (Å²) in [6.45, 7) is -0.529. The molecular formula is C18H19ClN2O5. The Morgan fingerprint density at radius 1 is 0.923 bits per heavy atom. The number of benzene rings is 2. The van der Waals surface area contributed by atoms with Crippen LogP contribution in [0.5, 0.6) is 11.5 Å². The molecule has 0 aliphatic heterocycles. The predicted molar refractivity (Wildman–Crippen MR) is 99.1 cm³/mol. The quantitative estimate of drug-likeness (QED) is 0.737. The Morgan fingerprint density at radius 2 is 1.58 bits per heavy atom. The molecular weight excluding hydrogens is 360 g/mol. The number of rotatable bonds is 8. The molecule has 26 heavy (non-hydrogen) atoms. The summed E-state index contributed by atoms with van der Waals surface area (Å²) < 4.78 is 15.4. The predicted octanol–water partition coefficient (Wildman–Crippen LogP) is 2.95. The second kappa shape index (κ2) is 9.65. The molecule has 8 heteroatoms. The van der Waals surface area contributed by atoms with Crippen LogP contribution in [0.25, 0.3) is 0 Å². The van der Waals surface area contributed by atoms with Crippen molar-refractivity contribution in [2.45, 2.75) is 0 Å². The second-order valence-corrected chi connectivity index (χ2v) is 5.60. The summed E-state index contributed by atoms with van der Waals surface area (Å²) in [5, 5.41) is 5.86. The van der Waals surface area contributed by atoms with E-state index < -0.39 is 5.91 Å². The summed E-state index contributed by atoms with van der Waals surface area (Å²) in [7, 11) is 3.03. The first-order valence-corrected chi connectivity index (χ1v) is 8.04. The number of methoxy groups -OCH3 is 2. The van der Waals surface area contributed by atoms with E-state index in [1.165, 1.54) is 14.2 Å². The van der Waals surface area contributed by atoms with E-state index in [0.29, 0.717) is 27.9 Å². The van der Waals surface area contributed by atoms with Crippen LogP contribution < -0.4 is 20.1 Å². The van der Waals surface area contributed by atoms with Crippen LogP contribution in [0.2, 0.25) is 5.02 Å². The van der Waals surface area contributed by atoms with Gasteiger partial charge in [-0.3, -0.25) is 9.59 Å². The molecule has 2 aromatic carbocycles. The molecule has 0 saturated carbocycles. The van der Waals surface area contributed by atoms with E-state index in [0.717, 1.165) is 0 Å². The van der Waals surface area contributed by atoms with Gasteiger partial charge >= 0.3 is 0 Å². The maximum absolute atomic E-state index is 11.9. The minimum Gasteiger partial charge on any atom is -0.497 e. The number of nitrogens with one attached hydrogen (secondary N) is 2. The number of carbonyl (C=O) groups excluding carboxylic acids is 2. The highest BCUT2D eigenvalue weighted by Crippen LogP contribution is 2.28. The monoisotopic (exact) mass is 378 g/mol. The van der Waals surface area contributed by atoms with E-state index >= 15 is 0 Å². The topological polar surface area (TPSA) is 85.9 Å². The third-order valence-corrected chi connectivity index (χ3v) is 3.53. The van der Waals surface area contributed by atoms with Gasteiger partial charge in [-0.05, 0) is 36.4 Å². The summed E-state index contributed by atoms with van der Waals surface area (Å²) in [5.41, 5.74) is 1.07. The van der Waals surface area contributed by atoms with Crippen molar-refractivity contribution >= 4 is 34.8 Å². The Bertz CT molecular complexity index is 765. The fraction of sp³-hybridized carbons (Fsp3) is 0.222. The van der Waals surface area contributed by atoms with Crippen molar-refractivity contribution in [1.82, 2.24) is 0 Å². The van der Waals surface area contributed by atoms with Crippen molar-refractivity contribution in [3.63, 3.8) is 0 Å². The molecule has 0 unspecified atom stereocenters. The molecule has 2 rings (SSSR count). The van der Waals surface area contributed by atoms with Crippen LogP contribution in [-0.2, 0) is 14.3 Å². The first-order chi connectivity index (χ1) is 12.5. The van der Waals surface area contributed by atoms with Crippen molar-refractivity contribution in [2.75, 3.05) is 38.1 Å². The zero-order valence-corrected chi connectivity index (χ0v) is 15.1. The highest BCUT2D eigenvalue weighted by molar-refractivity contribution is 6.30. The summed E-state index contributed by atoms with van der Waals surface area (Å²) in [6, 6.07) is 11.7. The molecule has 0 aliphatic rings. The largest absolute Gasteiger partial charge is 0.497 e. The van der Waals surface area contributed by atoms with Gasteiger partial charge < -0.3 is 24.8 Å². The molecule has 138 valence electrons. The molecule has 2 amide bonds. The number of hydrogen-bond donors (Lipinski definition) is 2. The molecule has 2 N–H and O–H groups in total. The number of halogens is 1. The first-order valence-electron chi connectivity index (χ1n) is 7.67. The first kappa shape index (κ1) is 19.6. The second-order valence-electron chi connectivity index (χ2n) is 5.16. The molecule has 7 nitrogen and oxygen atoms in total. The smallest absolute Gasteiger partial charge is 0.250 e. The molecule has 0 saturated heterocycles. The molecule has 0 radical (unpaired) electrons. The Kier molecular flexibility index (Phi) is 7.25. The zero-order chi connectivity index (χ0) is 18.9. The molecule has 0 aromatic heterocycles. The third-order valence-electron chi connectivity index (χ3n) is 3.28. The van der Waals surface area contributed by atoms with Gasteiger partial charge in [0.25, 0.3) is 0 Å². The van der Waals surface area contributed by atoms with Crippen molar-refractivity contribution in [3.8, 4) is 11.5 Å². The van der Waals surface area contributed by atoms with Crippen LogP contribution in [0.3, 0.4) is 0 Å². The maximum atomic E-state index is 11.9. The van der Waals surface area contributed by atoms with Crippen LogP contribution in [-0.4, -0.2) is 39.2 Å². The van der Waals surface area contributed by atoms with Crippen molar-refractivity contribution < 1.29 is 23.8 Å². The molecule has 2 aromatic rings. The Hall–Kier alpha value is -2.77. The van der Waals surface area contributed by atoms with Crippen LogP contribution in [0.4, 0.5) is 11.4 Å². The van der Waals surface area contributed by atoms with Crippen molar-refractivity contribution in [3.05, 3.63) is 47.5 Å². The Labute approximate surface area is 156 Å². The summed E-state index contributed by atoms with van der Waals surface area (Å²) in [6.07, 6.45) is 0. The van der Waals surface area contributed by atoms with Crippen LogP contribution in [0.15, 0.2) is 42.5 Å². The fourth-order valence-electron chi connectivity index (χ4n) is 2.05. The fourth-order valence-corrected chi connectivity index (χ4v) is 2.18. The third kappa shape index (κ3) is 5.94. The van der Waals surface area contributed by atoms with Gasteiger partial charge in [-0.25, -0.2) is 0 Å². The Morgan fingerprint density at radius 3 is 2.19 bits per heavy atom. The minimum absolute atomic E-state index is 0.254. The summed E-state index contributed by atoms with van der Waals surface area (Å²) in [5.74, 6) is 0.281. The lowest BCUT2D eigenvalue weighted by Gasteiger charge is -2.12. The van der Waals surface area contributed by atoms with E-state index in [2.05, 4.69) is 10.6 Å². The maximum Gasteiger partial charge on any atom is 0.250 e. The van der Waals surface area contributed by atoms with Gasteiger partial charge in [-0.1, -0.05) is 11.6 Å². The Balaban J connectivity index is 1.78. The van der Waals surface area contributed by atoms with Crippen molar-refractivity contribution in [2.24, 2.45) is 0 Å². The number of amides is 2. The van der Waals surface area contributed by atoms with Gasteiger partial charge in [-0.15, -0.1) is 0 Å². The normalized spacial score (nSPS) is 10.1. The molecule has 0 fully saturated rings. The standard InChI is InChI=1S/C18H19ClN2O5/c1-24-14-7-8-15(16(9-14)25-2)21-18(23)11-26-10-17(22)20-13-5-3-12(19)4-6-13/h3-9H,10-11H2,1-2H3,(H,20,22)(H,21,23). The van der Waals surface area contributed by atoms with Crippen LogP contribution in [0.1, 0.15) is 0 Å². The van der Waals surface area contributed by atoms with Gasteiger partial charge in [0.1, 0.15) is 24.7 Å². The molecule has 0 atom stereocenters. The molecule has 0 heterocycles. The average Bonchev–Trinajstić information content (AvgIpc) is 2.64. The molecule has 0 aliphatic carbocycles. The number of anilines is 2. The average molecular weight is 379 g/mol. The van der Waals surface area contributed by atoms with Gasteiger partial charge in [0.05, 0.1) is 19.9 Å². The van der Waals surface area contributed by atoms with E-state index in [1.807, 2.05) is 0 Å². The lowest BCUT2D eigenvalue weighted by Crippen LogP contribution is -2.24.